The van der Waals surface area contributed by atoms with E-state index in [4.69, 9.17) is 10.7 Å². The van der Waals surface area contributed by atoms with Gasteiger partial charge in [0.2, 0.25) is 5.95 Å². The normalized spacial score (nSPS) is 16.3. The van der Waals surface area contributed by atoms with E-state index in [0.717, 1.165) is 24.9 Å². The number of nitrogens with two attached hydrogens (primary N) is 1. The van der Waals surface area contributed by atoms with E-state index in [1.807, 2.05) is 17.0 Å². The third-order valence-electron chi connectivity index (χ3n) is 5.50. The first-order chi connectivity index (χ1) is 14.9. The Hall–Kier alpha value is -3.22. The first kappa shape index (κ1) is 21.0. The highest BCUT2D eigenvalue weighted by molar-refractivity contribution is 7.17. The lowest BCUT2D eigenvalue weighted by atomic mass is 10.1. The van der Waals surface area contributed by atoms with Gasteiger partial charge in [-0.1, -0.05) is 18.2 Å². The molecular formula is C22H24N6O2S. The standard InChI is InChI=1S/C22H24N6O2S/c1-26(2)20(29)17-13-31-19-18(17)25-22(27-9-5-8-16(24)12-27)28(21(19)30)11-15-7-4-3-6-14(15)10-23/h3-4,6-7,13,16H,5,8-9,11-12,24H2,1-2H3/t16-/m1/s1. The molecule has 0 aliphatic carbocycles. The van der Waals surface area contributed by atoms with E-state index in [2.05, 4.69) is 6.07 Å². The molecule has 0 spiro atoms. The van der Waals surface area contributed by atoms with E-state index in [0.29, 0.717) is 33.8 Å². The second-order valence-electron chi connectivity index (χ2n) is 7.95. The molecule has 4 rings (SSSR count). The lowest BCUT2D eigenvalue weighted by molar-refractivity contribution is 0.0829. The Morgan fingerprint density at radius 1 is 1.39 bits per heavy atom. The summed E-state index contributed by atoms with van der Waals surface area (Å²) in [4.78, 5) is 34.5. The van der Waals surface area contributed by atoms with Gasteiger partial charge in [0.05, 0.1) is 23.7 Å². The van der Waals surface area contributed by atoms with Gasteiger partial charge < -0.3 is 15.5 Å². The van der Waals surface area contributed by atoms with Gasteiger partial charge in [-0.15, -0.1) is 11.3 Å². The van der Waals surface area contributed by atoms with Gasteiger partial charge in [-0.25, -0.2) is 4.98 Å². The van der Waals surface area contributed by atoms with Crippen molar-refractivity contribution in [2.45, 2.75) is 25.4 Å². The van der Waals surface area contributed by atoms with E-state index < -0.39 is 0 Å². The molecule has 31 heavy (non-hydrogen) atoms. The molecular weight excluding hydrogens is 412 g/mol. The van der Waals surface area contributed by atoms with Crippen molar-refractivity contribution in [3.8, 4) is 6.07 Å². The average molecular weight is 437 g/mol. The first-order valence-electron chi connectivity index (χ1n) is 10.1. The fourth-order valence-corrected chi connectivity index (χ4v) is 4.82. The number of hydrogen-bond donors (Lipinski definition) is 1. The Bertz CT molecular complexity index is 1240. The van der Waals surface area contributed by atoms with Gasteiger partial charge in [0.1, 0.15) is 10.2 Å². The van der Waals surface area contributed by atoms with Crippen molar-refractivity contribution >= 4 is 33.4 Å². The van der Waals surface area contributed by atoms with E-state index >= 15 is 0 Å². The zero-order valence-electron chi connectivity index (χ0n) is 17.5. The molecule has 8 nitrogen and oxygen atoms in total. The van der Waals surface area contributed by atoms with Crippen LogP contribution in [0.1, 0.15) is 34.3 Å². The molecule has 0 unspecified atom stereocenters. The smallest absolute Gasteiger partial charge is 0.273 e. The van der Waals surface area contributed by atoms with Crippen LogP contribution in [0.5, 0.6) is 0 Å². The topological polar surface area (TPSA) is 108 Å². The van der Waals surface area contributed by atoms with Gasteiger partial charge in [0.15, 0.2) is 0 Å². The van der Waals surface area contributed by atoms with E-state index in [-0.39, 0.29) is 24.1 Å². The average Bonchev–Trinajstić information content (AvgIpc) is 3.19. The fourth-order valence-electron chi connectivity index (χ4n) is 3.89. The number of fused-ring (bicyclic) bond motifs is 1. The molecule has 1 amide bonds. The number of carbonyl (C=O) groups excluding carboxylic acids is 1. The van der Waals surface area contributed by atoms with Gasteiger partial charge in [0, 0.05) is 38.6 Å². The summed E-state index contributed by atoms with van der Waals surface area (Å²) < 4.78 is 2.04. The minimum Gasteiger partial charge on any atom is -0.345 e. The number of rotatable bonds is 4. The number of aromatic nitrogens is 2. The van der Waals surface area contributed by atoms with Gasteiger partial charge in [-0.05, 0) is 24.5 Å². The third kappa shape index (κ3) is 3.92. The molecule has 3 heterocycles. The van der Waals surface area contributed by atoms with Crippen molar-refractivity contribution in [1.82, 2.24) is 14.5 Å². The number of benzene rings is 1. The van der Waals surface area contributed by atoms with Crippen LogP contribution in [0.4, 0.5) is 5.95 Å². The molecule has 0 saturated carbocycles. The molecule has 1 atom stereocenters. The summed E-state index contributed by atoms with van der Waals surface area (Å²) in [7, 11) is 3.35. The monoisotopic (exact) mass is 436 g/mol. The Labute approximate surface area is 184 Å². The molecule has 1 fully saturated rings. The molecule has 2 aromatic heterocycles. The summed E-state index contributed by atoms with van der Waals surface area (Å²) in [5.41, 5.74) is 8.10. The Kier molecular flexibility index (Phi) is 5.76. The Balaban J connectivity index is 1.92. The van der Waals surface area contributed by atoms with E-state index in [9.17, 15) is 14.9 Å². The van der Waals surface area contributed by atoms with Crippen LogP contribution in [0.15, 0.2) is 34.4 Å². The maximum atomic E-state index is 13.6. The summed E-state index contributed by atoms with van der Waals surface area (Å²) in [5.74, 6) is 0.304. The fraction of sp³-hybridized carbons (Fsp3) is 0.364. The summed E-state index contributed by atoms with van der Waals surface area (Å²) in [5, 5.41) is 11.2. The summed E-state index contributed by atoms with van der Waals surface area (Å²) in [6.45, 7) is 1.53. The molecule has 0 radical (unpaired) electrons. The van der Waals surface area contributed by atoms with Crippen LogP contribution < -0.4 is 16.2 Å². The van der Waals surface area contributed by atoms with Crippen molar-refractivity contribution < 1.29 is 4.79 Å². The number of anilines is 1. The van der Waals surface area contributed by atoms with Crippen molar-refractivity contribution in [3.63, 3.8) is 0 Å². The summed E-state index contributed by atoms with van der Waals surface area (Å²) in [6.07, 6.45) is 1.82. The number of nitrogens with zero attached hydrogens (tertiary/aromatic N) is 5. The summed E-state index contributed by atoms with van der Waals surface area (Å²) in [6, 6.07) is 9.42. The quantitative estimate of drug-likeness (QED) is 0.670. The highest BCUT2D eigenvalue weighted by Crippen LogP contribution is 2.27. The van der Waals surface area contributed by atoms with E-state index in [1.54, 1.807) is 36.2 Å². The Morgan fingerprint density at radius 3 is 2.87 bits per heavy atom. The molecule has 1 saturated heterocycles. The lowest BCUT2D eigenvalue weighted by Crippen LogP contribution is -2.45. The molecule has 2 N–H and O–H groups in total. The van der Waals surface area contributed by atoms with Gasteiger partial charge in [-0.2, -0.15) is 5.26 Å². The molecule has 1 aliphatic heterocycles. The van der Waals surface area contributed by atoms with Crippen molar-refractivity contribution in [3.05, 3.63) is 56.7 Å². The third-order valence-corrected chi connectivity index (χ3v) is 6.46. The number of hydrogen-bond acceptors (Lipinski definition) is 7. The van der Waals surface area contributed by atoms with Crippen LogP contribution in [0, 0.1) is 11.3 Å². The van der Waals surface area contributed by atoms with Crippen LogP contribution in [0.25, 0.3) is 10.2 Å². The second-order valence-corrected chi connectivity index (χ2v) is 8.83. The zero-order chi connectivity index (χ0) is 22.1. The van der Waals surface area contributed by atoms with Gasteiger partial charge in [0.25, 0.3) is 11.5 Å². The molecule has 1 aliphatic rings. The zero-order valence-corrected chi connectivity index (χ0v) is 18.4. The first-order valence-corrected chi connectivity index (χ1v) is 11.0. The number of carbonyl (C=O) groups is 1. The molecule has 1 aromatic carbocycles. The minimum absolute atomic E-state index is 0.00783. The van der Waals surface area contributed by atoms with Crippen molar-refractivity contribution in [2.24, 2.45) is 5.73 Å². The van der Waals surface area contributed by atoms with Crippen LogP contribution in [0.3, 0.4) is 0 Å². The maximum Gasteiger partial charge on any atom is 0.273 e. The van der Waals surface area contributed by atoms with Gasteiger partial charge in [-0.3, -0.25) is 14.2 Å². The van der Waals surface area contributed by atoms with Gasteiger partial charge >= 0.3 is 0 Å². The largest absolute Gasteiger partial charge is 0.345 e. The number of piperidine rings is 1. The lowest BCUT2D eigenvalue weighted by Gasteiger charge is -2.33. The maximum absolute atomic E-state index is 13.6. The summed E-state index contributed by atoms with van der Waals surface area (Å²) >= 11 is 1.23. The number of thiophene rings is 1. The highest BCUT2D eigenvalue weighted by atomic mass is 32.1. The minimum atomic E-state index is -0.213. The van der Waals surface area contributed by atoms with Crippen LogP contribution >= 0.6 is 11.3 Å². The van der Waals surface area contributed by atoms with Crippen LogP contribution in [0.2, 0.25) is 0 Å². The van der Waals surface area contributed by atoms with Crippen molar-refractivity contribution in [1.29, 1.82) is 5.26 Å². The Morgan fingerprint density at radius 2 is 2.16 bits per heavy atom. The molecule has 160 valence electrons. The van der Waals surface area contributed by atoms with E-state index in [1.165, 1.54) is 16.2 Å². The SMILES string of the molecule is CN(C)C(=O)c1csc2c(=O)n(Cc3ccccc3C#N)c(N3CCC[C@@H](N)C3)nc12. The van der Waals surface area contributed by atoms with Crippen LogP contribution in [-0.2, 0) is 6.54 Å². The van der Waals surface area contributed by atoms with Crippen molar-refractivity contribution in [2.75, 3.05) is 32.1 Å². The highest BCUT2D eigenvalue weighted by Gasteiger charge is 2.26. The molecule has 3 aromatic rings. The number of amides is 1. The number of nitriles is 1. The predicted octanol–water partition coefficient (Wildman–Crippen LogP) is 2.01. The molecule has 0 bridgehead atoms. The van der Waals surface area contributed by atoms with Crippen LogP contribution in [-0.4, -0.2) is 53.6 Å². The molecule has 9 heteroatoms. The predicted molar refractivity (Wildman–Crippen MR) is 122 cm³/mol. The second kappa shape index (κ2) is 8.49.